The Hall–Kier alpha value is -0.810. The highest BCUT2D eigenvalue weighted by molar-refractivity contribution is 5.69. The predicted octanol–water partition coefficient (Wildman–Crippen LogP) is 8.69. The lowest BCUT2D eigenvalue weighted by Gasteiger charge is -2.39. The van der Waals surface area contributed by atoms with Crippen molar-refractivity contribution >= 4 is 5.97 Å². The van der Waals surface area contributed by atoms with Gasteiger partial charge < -0.3 is 39.4 Å². The first-order valence-corrected chi connectivity index (χ1v) is 21.1. The van der Waals surface area contributed by atoms with Crippen molar-refractivity contribution in [3.05, 3.63) is 0 Å². The van der Waals surface area contributed by atoms with Crippen molar-refractivity contribution in [1.29, 1.82) is 0 Å². The number of ether oxygens (including phenoxy) is 4. The molecular weight excluding hydrogens is 636 g/mol. The van der Waals surface area contributed by atoms with Crippen LogP contribution in [0.3, 0.4) is 0 Å². The molecule has 4 N–H and O–H groups in total. The maximum atomic E-state index is 12.6. The lowest BCUT2D eigenvalue weighted by molar-refractivity contribution is -0.305. The van der Waals surface area contributed by atoms with E-state index in [4.69, 9.17) is 18.9 Å². The summed E-state index contributed by atoms with van der Waals surface area (Å²) < 4.78 is 22.6. The van der Waals surface area contributed by atoms with Crippen LogP contribution in [0.25, 0.3) is 0 Å². The molecular formula is C41H80O9. The highest BCUT2D eigenvalue weighted by atomic mass is 16.7. The van der Waals surface area contributed by atoms with E-state index in [1.54, 1.807) is 0 Å². The Labute approximate surface area is 306 Å². The van der Waals surface area contributed by atoms with E-state index >= 15 is 0 Å². The minimum absolute atomic E-state index is 0.107. The molecule has 1 aliphatic heterocycles. The number of carbonyl (C=O) groups excluding carboxylic acids is 1. The molecule has 0 saturated carbocycles. The molecule has 0 aromatic carbocycles. The first-order chi connectivity index (χ1) is 24.4. The first kappa shape index (κ1) is 47.2. The van der Waals surface area contributed by atoms with Crippen LogP contribution in [0.4, 0.5) is 0 Å². The molecule has 0 bridgehead atoms. The molecule has 0 amide bonds. The molecule has 0 spiro atoms. The van der Waals surface area contributed by atoms with Crippen LogP contribution in [0.15, 0.2) is 0 Å². The number of hydrogen-bond acceptors (Lipinski definition) is 9. The summed E-state index contributed by atoms with van der Waals surface area (Å²) in [6, 6.07) is 0. The van der Waals surface area contributed by atoms with Crippen molar-refractivity contribution in [2.75, 3.05) is 26.4 Å². The van der Waals surface area contributed by atoms with Crippen LogP contribution >= 0.6 is 0 Å². The van der Waals surface area contributed by atoms with E-state index in [1.165, 1.54) is 141 Å². The average Bonchev–Trinajstić information content (AvgIpc) is 3.11. The van der Waals surface area contributed by atoms with Gasteiger partial charge in [-0.25, -0.2) is 0 Å². The minimum atomic E-state index is -1.53. The number of carbonyl (C=O) groups is 1. The fraction of sp³-hybridized carbons (Fsp3) is 0.976. The van der Waals surface area contributed by atoms with Crippen LogP contribution in [-0.2, 0) is 23.7 Å². The molecule has 50 heavy (non-hydrogen) atoms. The van der Waals surface area contributed by atoms with Crippen molar-refractivity contribution < 1.29 is 44.2 Å². The van der Waals surface area contributed by atoms with Gasteiger partial charge in [-0.15, -0.1) is 0 Å². The Morgan fingerprint density at radius 3 is 1.42 bits per heavy atom. The van der Waals surface area contributed by atoms with E-state index in [0.29, 0.717) is 13.0 Å². The number of esters is 1. The number of hydrogen-bond donors (Lipinski definition) is 4. The molecule has 1 rings (SSSR count). The van der Waals surface area contributed by atoms with Gasteiger partial charge in [-0.05, 0) is 12.8 Å². The van der Waals surface area contributed by atoms with Gasteiger partial charge in [0.15, 0.2) is 6.29 Å². The van der Waals surface area contributed by atoms with Gasteiger partial charge in [0, 0.05) is 13.0 Å². The third-order valence-corrected chi connectivity index (χ3v) is 10.0. The summed E-state index contributed by atoms with van der Waals surface area (Å²) in [6.07, 6.45) is 27.4. The number of rotatable bonds is 36. The lowest BCUT2D eigenvalue weighted by atomic mass is 9.99. The summed E-state index contributed by atoms with van der Waals surface area (Å²) in [5.74, 6) is -0.319. The van der Waals surface area contributed by atoms with E-state index in [-0.39, 0.29) is 19.2 Å². The SMILES string of the molecule is CCCCCCCCCCCCCCCCCCCCCCCOCC(COC1OC(CO)C(O)C(O)C1O)OC(=O)CCCCCCCC. The largest absolute Gasteiger partial charge is 0.457 e. The van der Waals surface area contributed by atoms with E-state index in [0.717, 1.165) is 32.1 Å². The maximum Gasteiger partial charge on any atom is 0.306 e. The van der Waals surface area contributed by atoms with E-state index in [2.05, 4.69) is 13.8 Å². The summed E-state index contributed by atoms with van der Waals surface area (Å²) in [5, 5.41) is 39.9. The van der Waals surface area contributed by atoms with Crippen molar-refractivity contribution in [1.82, 2.24) is 0 Å². The first-order valence-electron chi connectivity index (χ1n) is 21.1. The normalized spacial score (nSPS) is 21.4. The summed E-state index contributed by atoms with van der Waals surface area (Å²) in [5.41, 5.74) is 0. The third-order valence-electron chi connectivity index (χ3n) is 10.0. The molecule has 6 atom stereocenters. The highest BCUT2D eigenvalue weighted by Gasteiger charge is 2.44. The Balaban J connectivity index is 2.13. The molecule has 0 radical (unpaired) electrons. The minimum Gasteiger partial charge on any atom is -0.457 e. The van der Waals surface area contributed by atoms with Crippen LogP contribution in [0.1, 0.15) is 194 Å². The van der Waals surface area contributed by atoms with E-state index in [9.17, 15) is 25.2 Å². The summed E-state index contributed by atoms with van der Waals surface area (Å²) >= 11 is 0. The Bertz CT molecular complexity index is 737. The lowest BCUT2D eigenvalue weighted by Crippen LogP contribution is -2.59. The van der Waals surface area contributed by atoms with Crippen LogP contribution in [0, 0.1) is 0 Å². The summed E-state index contributed by atoms with van der Waals surface area (Å²) in [7, 11) is 0. The smallest absolute Gasteiger partial charge is 0.306 e. The molecule has 1 aliphatic rings. The van der Waals surface area contributed by atoms with Gasteiger partial charge in [-0.1, -0.05) is 174 Å². The summed E-state index contributed by atoms with van der Waals surface area (Å²) in [4.78, 5) is 12.6. The molecule has 0 aromatic rings. The van der Waals surface area contributed by atoms with Crippen LogP contribution in [-0.4, -0.2) is 89.6 Å². The molecule has 298 valence electrons. The standard InChI is InChI=1S/C41H80O9/c1-3-5-7-9-11-12-13-14-15-16-17-18-19-20-21-22-23-24-25-27-29-31-47-33-35(49-37(43)30-28-26-10-8-6-4-2)34-48-41-40(46)39(45)38(44)36(32-42)50-41/h35-36,38-42,44-46H,3-34H2,1-2H3. The molecule has 1 heterocycles. The second-order valence-corrected chi connectivity index (χ2v) is 14.8. The summed E-state index contributed by atoms with van der Waals surface area (Å²) in [6.45, 7) is 4.52. The Kier molecular flexibility index (Phi) is 32.1. The van der Waals surface area contributed by atoms with Crippen molar-refractivity contribution in [3.63, 3.8) is 0 Å². The monoisotopic (exact) mass is 717 g/mol. The number of aliphatic hydroxyl groups is 4. The molecule has 0 aromatic heterocycles. The zero-order valence-corrected chi connectivity index (χ0v) is 32.4. The fourth-order valence-corrected chi connectivity index (χ4v) is 6.67. The third kappa shape index (κ3) is 25.2. The van der Waals surface area contributed by atoms with Crippen LogP contribution in [0.2, 0.25) is 0 Å². The van der Waals surface area contributed by atoms with Crippen molar-refractivity contribution in [3.8, 4) is 0 Å². The fourth-order valence-electron chi connectivity index (χ4n) is 6.67. The second-order valence-electron chi connectivity index (χ2n) is 14.8. The Morgan fingerprint density at radius 1 is 0.560 bits per heavy atom. The molecule has 1 saturated heterocycles. The van der Waals surface area contributed by atoms with Crippen LogP contribution < -0.4 is 0 Å². The van der Waals surface area contributed by atoms with Gasteiger partial charge >= 0.3 is 5.97 Å². The number of unbranched alkanes of at least 4 members (excludes halogenated alkanes) is 25. The van der Waals surface area contributed by atoms with Gasteiger partial charge in [0.1, 0.15) is 30.5 Å². The van der Waals surface area contributed by atoms with Gasteiger partial charge in [0.25, 0.3) is 0 Å². The topological polar surface area (TPSA) is 135 Å². The van der Waals surface area contributed by atoms with Crippen LogP contribution in [0.5, 0.6) is 0 Å². The van der Waals surface area contributed by atoms with Crippen molar-refractivity contribution in [2.24, 2.45) is 0 Å². The molecule has 1 fully saturated rings. The van der Waals surface area contributed by atoms with E-state index < -0.39 is 43.4 Å². The van der Waals surface area contributed by atoms with Gasteiger partial charge in [0.2, 0.25) is 0 Å². The maximum absolute atomic E-state index is 12.6. The quantitative estimate of drug-likeness (QED) is 0.0371. The zero-order chi connectivity index (χ0) is 36.5. The molecule has 0 aliphatic carbocycles. The average molecular weight is 717 g/mol. The molecule has 6 unspecified atom stereocenters. The second kappa shape index (κ2) is 34.0. The Morgan fingerprint density at radius 2 is 0.980 bits per heavy atom. The van der Waals surface area contributed by atoms with Gasteiger partial charge in [0.05, 0.1) is 19.8 Å². The van der Waals surface area contributed by atoms with Gasteiger partial charge in [-0.2, -0.15) is 0 Å². The predicted molar refractivity (Wildman–Crippen MR) is 201 cm³/mol. The number of aliphatic hydroxyl groups excluding tert-OH is 4. The highest BCUT2D eigenvalue weighted by Crippen LogP contribution is 2.22. The molecule has 9 nitrogen and oxygen atoms in total. The van der Waals surface area contributed by atoms with Crippen molar-refractivity contribution in [2.45, 2.75) is 230 Å². The van der Waals surface area contributed by atoms with Gasteiger partial charge in [-0.3, -0.25) is 4.79 Å². The van der Waals surface area contributed by atoms with E-state index in [1.807, 2.05) is 0 Å². The molecule has 9 heteroatoms. The zero-order valence-electron chi connectivity index (χ0n) is 32.4.